The van der Waals surface area contributed by atoms with Crippen molar-refractivity contribution in [1.29, 1.82) is 0 Å². The van der Waals surface area contributed by atoms with E-state index in [0.29, 0.717) is 12.3 Å². The predicted molar refractivity (Wildman–Crippen MR) is 123 cm³/mol. The zero-order valence-electron chi connectivity index (χ0n) is 18.8. The Morgan fingerprint density at radius 2 is 1.71 bits per heavy atom. The second-order valence-electron chi connectivity index (χ2n) is 9.42. The molecule has 5 nitrogen and oxygen atoms in total. The molecule has 0 N–H and O–H groups in total. The van der Waals surface area contributed by atoms with Crippen molar-refractivity contribution >= 4 is 11.8 Å². The predicted octanol–water partition coefficient (Wildman–Crippen LogP) is 3.85. The fourth-order valence-electron chi connectivity index (χ4n) is 5.20. The van der Waals surface area contributed by atoms with E-state index < -0.39 is 0 Å². The number of nitrogens with zero attached hydrogens (tertiary/aromatic N) is 3. The van der Waals surface area contributed by atoms with E-state index >= 15 is 0 Å². The monoisotopic (exact) mass is 423 g/mol. The summed E-state index contributed by atoms with van der Waals surface area (Å²) < 4.78 is 0. The van der Waals surface area contributed by atoms with Gasteiger partial charge >= 0.3 is 0 Å². The summed E-state index contributed by atoms with van der Waals surface area (Å²) in [6.07, 6.45) is 10.2. The molecule has 31 heavy (non-hydrogen) atoms. The average molecular weight is 424 g/mol. The third-order valence-electron chi connectivity index (χ3n) is 7.11. The van der Waals surface area contributed by atoms with Crippen LogP contribution in [0.4, 0.5) is 0 Å². The minimum Gasteiger partial charge on any atom is -0.340 e. The van der Waals surface area contributed by atoms with Crippen molar-refractivity contribution in [1.82, 2.24) is 14.7 Å². The van der Waals surface area contributed by atoms with Gasteiger partial charge in [-0.1, -0.05) is 36.4 Å². The lowest BCUT2D eigenvalue weighted by Gasteiger charge is -2.36. The molecule has 0 saturated carbocycles. The highest BCUT2D eigenvalue weighted by Crippen LogP contribution is 2.25. The van der Waals surface area contributed by atoms with Crippen LogP contribution in [0.2, 0.25) is 0 Å². The molecule has 2 aliphatic heterocycles. The van der Waals surface area contributed by atoms with E-state index in [9.17, 15) is 9.59 Å². The summed E-state index contributed by atoms with van der Waals surface area (Å²) in [4.78, 5) is 32.1. The first-order valence-electron chi connectivity index (χ1n) is 12.2. The average Bonchev–Trinajstić information content (AvgIpc) is 2.84. The maximum absolute atomic E-state index is 12.8. The number of allylic oxidation sites excluding steroid dienone is 1. The van der Waals surface area contributed by atoms with Crippen molar-refractivity contribution in [2.24, 2.45) is 5.92 Å². The molecule has 3 aliphatic rings. The van der Waals surface area contributed by atoms with Crippen molar-refractivity contribution in [2.45, 2.75) is 57.9 Å². The molecule has 0 bridgehead atoms. The molecule has 1 aromatic rings. The van der Waals surface area contributed by atoms with Crippen LogP contribution < -0.4 is 0 Å². The quantitative estimate of drug-likeness (QED) is 0.698. The first-order chi connectivity index (χ1) is 15.2. The molecule has 0 radical (unpaired) electrons. The first kappa shape index (κ1) is 22.1. The van der Waals surface area contributed by atoms with Crippen LogP contribution in [-0.4, -0.2) is 65.8 Å². The number of hydrogen-bond acceptors (Lipinski definition) is 3. The number of piperidine rings is 1. The highest BCUT2D eigenvalue weighted by molar-refractivity contribution is 5.93. The number of likely N-dealkylation sites (tertiary alicyclic amines) is 1. The van der Waals surface area contributed by atoms with Crippen LogP contribution >= 0.6 is 0 Å². The van der Waals surface area contributed by atoms with E-state index in [1.54, 1.807) is 0 Å². The Balaban J connectivity index is 1.18. The van der Waals surface area contributed by atoms with Gasteiger partial charge in [0, 0.05) is 57.8 Å². The largest absolute Gasteiger partial charge is 0.340 e. The number of piperazine rings is 1. The number of carbonyl (C=O) groups is 2. The van der Waals surface area contributed by atoms with Crippen molar-refractivity contribution in [3.63, 3.8) is 0 Å². The molecule has 2 amide bonds. The first-order valence-corrected chi connectivity index (χ1v) is 12.2. The molecule has 4 rings (SSSR count). The molecule has 0 unspecified atom stereocenters. The minimum atomic E-state index is 0.255. The molecule has 0 aromatic heterocycles. The highest BCUT2D eigenvalue weighted by Gasteiger charge is 2.27. The summed E-state index contributed by atoms with van der Waals surface area (Å²) in [7, 11) is 0. The molecule has 1 aliphatic carbocycles. The van der Waals surface area contributed by atoms with Gasteiger partial charge in [-0.25, -0.2) is 0 Å². The molecule has 168 valence electrons. The van der Waals surface area contributed by atoms with Crippen LogP contribution in [0.5, 0.6) is 0 Å². The van der Waals surface area contributed by atoms with E-state index in [1.807, 2.05) is 4.90 Å². The number of carbonyl (C=O) groups excluding carboxylic acids is 2. The topological polar surface area (TPSA) is 43.9 Å². The molecule has 1 aromatic carbocycles. The Bertz CT molecular complexity index is 768. The van der Waals surface area contributed by atoms with Gasteiger partial charge in [0.15, 0.2) is 0 Å². The molecular formula is C26H37N3O2. The van der Waals surface area contributed by atoms with Crippen LogP contribution in [0, 0.1) is 5.92 Å². The Hall–Kier alpha value is -2.14. The zero-order valence-corrected chi connectivity index (χ0v) is 18.8. The van der Waals surface area contributed by atoms with Crippen LogP contribution in [0.3, 0.4) is 0 Å². The van der Waals surface area contributed by atoms with Crippen molar-refractivity contribution in [3.05, 3.63) is 47.5 Å². The van der Waals surface area contributed by atoms with Gasteiger partial charge in [0.2, 0.25) is 11.8 Å². The Morgan fingerprint density at radius 3 is 2.45 bits per heavy atom. The summed E-state index contributed by atoms with van der Waals surface area (Å²) in [6, 6.07) is 10.6. The van der Waals surface area contributed by atoms with Crippen molar-refractivity contribution in [3.8, 4) is 0 Å². The third kappa shape index (κ3) is 6.19. The molecule has 0 spiro atoms. The fourth-order valence-corrected chi connectivity index (χ4v) is 5.20. The van der Waals surface area contributed by atoms with Gasteiger partial charge in [0.1, 0.15) is 0 Å². The van der Waals surface area contributed by atoms with Gasteiger partial charge < -0.3 is 9.80 Å². The van der Waals surface area contributed by atoms with Crippen LogP contribution in [0.25, 0.3) is 0 Å². The second-order valence-corrected chi connectivity index (χ2v) is 9.42. The fraction of sp³-hybridized carbons (Fsp3) is 0.615. The number of hydrogen-bond donors (Lipinski definition) is 0. The second kappa shape index (κ2) is 10.9. The summed E-state index contributed by atoms with van der Waals surface area (Å²) in [5.74, 6) is 1.01. The third-order valence-corrected chi connectivity index (χ3v) is 7.11. The van der Waals surface area contributed by atoms with Gasteiger partial charge in [0.25, 0.3) is 0 Å². The van der Waals surface area contributed by atoms with Crippen molar-refractivity contribution in [2.75, 3.05) is 39.3 Å². The summed E-state index contributed by atoms with van der Waals surface area (Å²) in [5.41, 5.74) is 2.36. The lowest BCUT2D eigenvalue weighted by molar-refractivity contribution is -0.133. The van der Waals surface area contributed by atoms with Crippen molar-refractivity contribution < 1.29 is 9.59 Å². The van der Waals surface area contributed by atoms with E-state index in [-0.39, 0.29) is 11.8 Å². The highest BCUT2D eigenvalue weighted by atomic mass is 16.2. The summed E-state index contributed by atoms with van der Waals surface area (Å²) in [5, 5.41) is 0. The van der Waals surface area contributed by atoms with Crippen LogP contribution in [-0.2, 0) is 16.1 Å². The van der Waals surface area contributed by atoms with Gasteiger partial charge in [-0.2, -0.15) is 0 Å². The zero-order chi connectivity index (χ0) is 21.5. The Morgan fingerprint density at radius 1 is 0.903 bits per heavy atom. The van der Waals surface area contributed by atoms with Crippen LogP contribution in [0.1, 0.15) is 56.9 Å². The summed E-state index contributed by atoms with van der Waals surface area (Å²) in [6.45, 7) is 6.22. The SMILES string of the molecule is O=C(CC[C@@H]1CCCN(C(=O)C2=CCCCC2)C1)N1CCN(Cc2ccccc2)CC1. The molecule has 2 saturated heterocycles. The van der Waals surface area contributed by atoms with Gasteiger partial charge in [-0.05, 0) is 56.4 Å². The maximum atomic E-state index is 12.8. The maximum Gasteiger partial charge on any atom is 0.249 e. The summed E-state index contributed by atoms with van der Waals surface area (Å²) >= 11 is 0. The molecule has 2 fully saturated rings. The lowest BCUT2D eigenvalue weighted by atomic mass is 9.91. The number of amides is 2. The Labute approximate surface area is 187 Å². The van der Waals surface area contributed by atoms with Gasteiger partial charge in [0.05, 0.1) is 0 Å². The minimum absolute atomic E-state index is 0.255. The molecule has 2 heterocycles. The standard InChI is InChI=1S/C26H37N3O2/c30-25(28-18-16-27(17-19-28)20-22-8-3-1-4-9-22)14-13-23-10-7-15-29(21-23)26(31)24-11-5-2-6-12-24/h1,3-4,8-9,11,23H,2,5-7,10,12-21H2/t23-/m0/s1. The van der Waals surface area contributed by atoms with Crippen LogP contribution in [0.15, 0.2) is 42.0 Å². The van der Waals surface area contributed by atoms with Gasteiger partial charge in [-0.15, -0.1) is 0 Å². The smallest absolute Gasteiger partial charge is 0.249 e. The van der Waals surface area contributed by atoms with E-state index in [4.69, 9.17) is 0 Å². The molecule has 5 heteroatoms. The lowest BCUT2D eigenvalue weighted by Crippen LogP contribution is -2.48. The van der Waals surface area contributed by atoms with E-state index in [1.165, 1.54) is 12.0 Å². The van der Waals surface area contributed by atoms with E-state index in [0.717, 1.165) is 89.9 Å². The van der Waals surface area contributed by atoms with E-state index in [2.05, 4.69) is 46.2 Å². The van der Waals surface area contributed by atoms with Gasteiger partial charge in [-0.3, -0.25) is 14.5 Å². The number of rotatable bonds is 6. The Kier molecular flexibility index (Phi) is 7.79. The number of benzene rings is 1. The normalized spacial score (nSPS) is 22.8. The molecule has 1 atom stereocenters. The molecular weight excluding hydrogens is 386 g/mol.